The largest absolute Gasteiger partial charge is 0.368 e. The molecular weight excluding hydrogens is 368 g/mol. The van der Waals surface area contributed by atoms with Crippen LogP contribution < -0.4 is 4.90 Å². The van der Waals surface area contributed by atoms with E-state index in [-0.39, 0.29) is 0 Å². The Hall–Kier alpha value is -1.04. The summed E-state index contributed by atoms with van der Waals surface area (Å²) in [6.45, 7) is 6.79. The number of benzene rings is 1. The molecule has 0 aromatic heterocycles. The molecule has 0 amide bonds. The Bertz CT molecular complexity index is 828. The summed E-state index contributed by atoms with van der Waals surface area (Å²) in [5, 5.41) is 0.640. The van der Waals surface area contributed by atoms with Gasteiger partial charge in [0.25, 0.3) is 0 Å². The SMILES string of the molecule is Cc1cc(Cl)c(N2CCN(C[C@@H]3C[C@H]4C=C[C@@H]3C4)CC2)cc1S(C)(=O)=O. The second-order valence-electron chi connectivity index (χ2n) is 8.17. The van der Waals surface area contributed by atoms with Gasteiger partial charge in [-0.2, -0.15) is 0 Å². The number of anilines is 1. The first-order valence-electron chi connectivity index (χ1n) is 9.47. The Balaban J connectivity index is 1.42. The lowest BCUT2D eigenvalue weighted by molar-refractivity contribution is 0.204. The van der Waals surface area contributed by atoms with Crippen molar-refractivity contribution in [1.29, 1.82) is 0 Å². The van der Waals surface area contributed by atoms with E-state index in [2.05, 4.69) is 22.0 Å². The van der Waals surface area contributed by atoms with Gasteiger partial charge in [-0.05, 0) is 55.2 Å². The lowest BCUT2D eigenvalue weighted by atomic mass is 9.93. The van der Waals surface area contributed by atoms with Crippen molar-refractivity contribution in [2.45, 2.75) is 24.7 Å². The molecule has 0 radical (unpaired) electrons. The molecule has 26 heavy (non-hydrogen) atoms. The van der Waals surface area contributed by atoms with E-state index >= 15 is 0 Å². The fourth-order valence-electron chi connectivity index (χ4n) is 4.89. The number of nitrogens with zero attached hydrogens (tertiary/aromatic N) is 2. The third-order valence-electron chi connectivity index (χ3n) is 6.27. The smallest absolute Gasteiger partial charge is 0.175 e. The van der Waals surface area contributed by atoms with Crippen molar-refractivity contribution in [3.8, 4) is 0 Å². The number of piperazine rings is 1. The molecule has 3 aliphatic rings. The number of hydrogen-bond acceptors (Lipinski definition) is 4. The molecule has 1 heterocycles. The van der Waals surface area contributed by atoms with Crippen molar-refractivity contribution in [2.75, 3.05) is 43.9 Å². The third kappa shape index (κ3) is 3.54. The first kappa shape index (κ1) is 18.3. The van der Waals surface area contributed by atoms with E-state index < -0.39 is 9.84 Å². The molecule has 4 nitrogen and oxygen atoms in total. The summed E-state index contributed by atoms with van der Waals surface area (Å²) in [5.74, 6) is 2.44. The van der Waals surface area contributed by atoms with E-state index in [0.29, 0.717) is 15.5 Å². The lowest BCUT2D eigenvalue weighted by Crippen LogP contribution is -2.48. The van der Waals surface area contributed by atoms with Crippen LogP contribution in [0, 0.1) is 24.7 Å². The monoisotopic (exact) mass is 394 g/mol. The molecule has 0 N–H and O–H groups in total. The molecule has 142 valence electrons. The number of sulfone groups is 1. The molecule has 1 aromatic rings. The van der Waals surface area contributed by atoms with Crippen molar-refractivity contribution < 1.29 is 8.42 Å². The Kier molecular flexibility index (Phi) is 4.82. The Morgan fingerprint density at radius 3 is 2.42 bits per heavy atom. The molecule has 0 unspecified atom stereocenters. The molecule has 2 aliphatic carbocycles. The minimum absolute atomic E-state index is 0.382. The predicted molar refractivity (Wildman–Crippen MR) is 107 cm³/mol. The van der Waals surface area contributed by atoms with Crippen molar-refractivity contribution in [2.24, 2.45) is 17.8 Å². The zero-order valence-corrected chi connectivity index (χ0v) is 17.1. The zero-order chi connectivity index (χ0) is 18.5. The third-order valence-corrected chi connectivity index (χ3v) is 7.81. The van der Waals surface area contributed by atoms with E-state index in [1.165, 1.54) is 25.6 Å². The van der Waals surface area contributed by atoms with Crippen LogP contribution in [0.25, 0.3) is 0 Å². The normalized spacial score (nSPS) is 28.9. The van der Waals surface area contributed by atoms with Gasteiger partial charge in [0.1, 0.15) is 0 Å². The van der Waals surface area contributed by atoms with Gasteiger partial charge in [-0.3, -0.25) is 4.90 Å². The average molecular weight is 395 g/mol. The topological polar surface area (TPSA) is 40.6 Å². The minimum Gasteiger partial charge on any atom is -0.368 e. The maximum absolute atomic E-state index is 12.0. The highest BCUT2D eigenvalue weighted by atomic mass is 35.5. The van der Waals surface area contributed by atoms with Crippen LogP contribution in [0.5, 0.6) is 0 Å². The zero-order valence-electron chi connectivity index (χ0n) is 15.5. The molecule has 4 rings (SSSR count). The number of fused-ring (bicyclic) bond motifs is 2. The predicted octanol–water partition coefficient (Wildman–Crippen LogP) is 3.39. The van der Waals surface area contributed by atoms with Crippen molar-refractivity contribution in [3.05, 3.63) is 34.9 Å². The Morgan fingerprint density at radius 1 is 1.12 bits per heavy atom. The molecule has 0 spiro atoms. The average Bonchev–Trinajstić information content (AvgIpc) is 3.17. The summed E-state index contributed by atoms with van der Waals surface area (Å²) < 4.78 is 24.1. The van der Waals surface area contributed by atoms with Crippen molar-refractivity contribution in [1.82, 2.24) is 4.90 Å². The van der Waals surface area contributed by atoms with E-state index in [1.54, 1.807) is 19.1 Å². The lowest BCUT2D eigenvalue weighted by Gasteiger charge is -2.38. The van der Waals surface area contributed by atoms with Gasteiger partial charge in [0.2, 0.25) is 0 Å². The molecule has 1 saturated heterocycles. The van der Waals surface area contributed by atoms with E-state index in [0.717, 1.165) is 49.6 Å². The van der Waals surface area contributed by atoms with Crippen LogP contribution in [0.1, 0.15) is 18.4 Å². The molecular formula is C20H27ClN2O2S. The quantitative estimate of drug-likeness (QED) is 0.734. The van der Waals surface area contributed by atoms with Gasteiger partial charge in [0.15, 0.2) is 9.84 Å². The van der Waals surface area contributed by atoms with Crippen LogP contribution in [-0.4, -0.2) is 52.3 Å². The highest BCUT2D eigenvalue weighted by molar-refractivity contribution is 7.90. The van der Waals surface area contributed by atoms with Crippen LogP contribution in [0.2, 0.25) is 5.02 Å². The van der Waals surface area contributed by atoms with E-state index in [1.807, 2.05) is 0 Å². The van der Waals surface area contributed by atoms with Gasteiger partial charge in [0, 0.05) is 39.0 Å². The Morgan fingerprint density at radius 2 is 1.85 bits per heavy atom. The van der Waals surface area contributed by atoms with Crippen LogP contribution in [-0.2, 0) is 9.84 Å². The number of hydrogen-bond donors (Lipinski definition) is 0. The summed E-state index contributed by atoms with van der Waals surface area (Å²) in [5.41, 5.74) is 1.56. The summed E-state index contributed by atoms with van der Waals surface area (Å²) in [4.78, 5) is 5.18. The fourth-order valence-corrected chi connectivity index (χ4v) is 6.20. The first-order valence-corrected chi connectivity index (χ1v) is 11.7. The van der Waals surface area contributed by atoms with Gasteiger partial charge < -0.3 is 4.90 Å². The number of rotatable bonds is 4. The van der Waals surface area contributed by atoms with Gasteiger partial charge in [-0.15, -0.1) is 0 Å². The second kappa shape index (κ2) is 6.84. The number of allylic oxidation sites excluding steroid dienone is 2. The maximum Gasteiger partial charge on any atom is 0.175 e. The molecule has 2 bridgehead atoms. The van der Waals surface area contributed by atoms with Crippen LogP contribution >= 0.6 is 11.6 Å². The molecule has 6 heteroatoms. The van der Waals surface area contributed by atoms with Gasteiger partial charge >= 0.3 is 0 Å². The van der Waals surface area contributed by atoms with Gasteiger partial charge in [-0.1, -0.05) is 23.8 Å². The fraction of sp³-hybridized carbons (Fsp3) is 0.600. The van der Waals surface area contributed by atoms with Crippen molar-refractivity contribution >= 4 is 27.1 Å². The summed E-state index contributed by atoms with van der Waals surface area (Å²) in [6, 6.07) is 3.53. The van der Waals surface area contributed by atoms with E-state index in [9.17, 15) is 8.42 Å². The molecule has 1 saturated carbocycles. The summed E-state index contributed by atoms with van der Waals surface area (Å²) in [7, 11) is -3.25. The van der Waals surface area contributed by atoms with Crippen LogP contribution in [0.4, 0.5) is 5.69 Å². The summed E-state index contributed by atoms with van der Waals surface area (Å²) in [6.07, 6.45) is 8.79. The summed E-state index contributed by atoms with van der Waals surface area (Å²) >= 11 is 6.44. The molecule has 2 fully saturated rings. The number of halogens is 1. The molecule has 1 aliphatic heterocycles. The highest BCUT2D eigenvalue weighted by Gasteiger charge is 2.36. The van der Waals surface area contributed by atoms with Crippen LogP contribution in [0.15, 0.2) is 29.2 Å². The first-order chi connectivity index (χ1) is 12.3. The Labute approximate surface area is 161 Å². The maximum atomic E-state index is 12.0. The molecule has 3 atom stereocenters. The van der Waals surface area contributed by atoms with E-state index in [4.69, 9.17) is 11.6 Å². The number of aryl methyl sites for hydroxylation is 1. The van der Waals surface area contributed by atoms with Crippen molar-refractivity contribution in [3.63, 3.8) is 0 Å². The second-order valence-corrected chi connectivity index (χ2v) is 10.6. The van der Waals surface area contributed by atoms with Gasteiger partial charge in [-0.25, -0.2) is 8.42 Å². The minimum atomic E-state index is -3.25. The highest BCUT2D eigenvalue weighted by Crippen LogP contribution is 2.43. The van der Waals surface area contributed by atoms with Crippen LogP contribution in [0.3, 0.4) is 0 Å². The standard InChI is InChI=1S/C20H27ClN2O2S/c1-14-9-18(21)19(12-20(14)26(2,24)25)23-7-5-22(6-8-23)13-17-11-15-3-4-16(17)10-15/h3-4,9,12,15-17H,5-8,10-11,13H2,1-2H3/t15-,16+,17-/m0/s1. The molecule has 1 aromatic carbocycles. The van der Waals surface area contributed by atoms with Gasteiger partial charge in [0.05, 0.1) is 15.6 Å².